The van der Waals surface area contributed by atoms with Gasteiger partial charge in [0.15, 0.2) is 12.2 Å². The van der Waals surface area contributed by atoms with Gasteiger partial charge in [0.05, 0.1) is 0 Å². The number of amides is 1. The molecule has 0 bridgehead atoms. The predicted molar refractivity (Wildman–Crippen MR) is 137 cm³/mol. The topological polar surface area (TPSA) is 64.4 Å². The maximum absolute atomic E-state index is 12.4. The van der Waals surface area contributed by atoms with Gasteiger partial charge in [-0.15, -0.1) is 0 Å². The highest BCUT2D eigenvalue weighted by atomic mass is 35.5. The van der Waals surface area contributed by atoms with E-state index in [0.29, 0.717) is 39.4 Å². The van der Waals surface area contributed by atoms with Gasteiger partial charge >= 0.3 is 0 Å². The third-order valence-corrected chi connectivity index (χ3v) is 6.02. The molecule has 0 radical (unpaired) electrons. The van der Waals surface area contributed by atoms with Crippen LogP contribution in [0.3, 0.4) is 0 Å². The maximum atomic E-state index is 12.4. The van der Waals surface area contributed by atoms with Gasteiger partial charge in [-0.2, -0.15) is 0 Å². The highest BCUT2D eigenvalue weighted by molar-refractivity contribution is 6.35. The van der Waals surface area contributed by atoms with Gasteiger partial charge < -0.3 is 14.5 Å². The van der Waals surface area contributed by atoms with Crippen LogP contribution in [-0.4, -0.2) is 17.5 Å². The Balaban J connectivity index is 1.31. The predicted octanol–water partition coefficient (Wildman–Crippen LogP) is 7.44. The van der Waals surface area contributed by atoms with Crippen LogP contribution in [0.1, 0.15) is 25.3 Å². The number of nitrogens with one attached hydrogen (secondary N) is 1. The SMILES string of the molecule is CC(C)c1ccc(OCC(=O)Nc2ccc3oc(-c4cccc5c(Cl)cccc45)nc3c2)cc1. The van der Waals surface area contributed by atoms with Crippen LogP contribution in [0.4, 0.5) is 5.69 Å². The molecular weight excluding hydrogens is 448 g/mol. The van der Waals surface area contributed by atoms with Crippen LogP contribution in [0, 0.1) is 0 Å². The van der Waals surface area contributed by atoms with Crippen molar-refractivity contribution in [3.63, 3.8) is 0 Å². The van der Waals surface area contributed by atoms with Gasteiger partial charge in [0.25, 0.3) is 5.91 Å². The number of carbonyl (C=O) groups excluding carboxylic acids is 1. The fourth-order valence-electron chi connectivity index (χ4n) is 3.87. The Morgan fingerprint density at radius 1 is 1.00 bits per heavy atom. The van der Waals surface area contributed by atoms with E-state index in [2.05, 4.69) is 24.1 Å². The van der Waals surface area contributed by atoms with Crippen molar-refractivity contribution in [3.8, 4) is 17.2 Å². The van der Waals surface area contributed by atoms with Gasteiger partial charge in [0, 0.05) is 21.7 Å². The zero-order valence-electron chi connectivity index (χ0n) is 18.8. The van der Waals surface area contributed by atoms with Crippen molar-refractivity contribution in [1.82, 2.24) is 4.98 Å². The molecule has 1 N–H and O–H groups in total. The number of anilines is 1. The van der Waals surface area contributed by atoms with Crippen molar-refractivity contribution in [3.05, 3.63) is 89.4 Å². The Hall–Kier alpha value is -3.83. The molecule has 4 aromatic carbocycles. The van der Waals surface area contributed by atoms with Crippen molar-refractivity contribution in [2.45, 2.75) is 19.8 Å². The number of ether oxygens (including phenoxy) is 1. The molecule has 170 valence electrons. The van der Waals surface area contributed by atoms with E-state index >= 15 is 0 Å². The van der Waals surface area contributed by atoms with E-state index in [-0.39, 0.29) is 12.5 Å². The number of benzene rings is 4. The first-order valence-electron chi connectivity index (χ1n) is 11.1. The van der Waals surface area contributed by atoms with Crippen molar-refractivity contribution in [1.29, 1.82) is 0 Å². The second-order valence-corrected chi connectivity index (χ2v) is 8.81. The molecule has 0 spiro atoms. The number of fused-ring (bicyclic) bond motifs is 2. The Bertz CT molecular complexity index is 1490. The molecule has 1 amide bonds. The minimum atomic E-state index is -0.250. The molecule has 5 nitrogen and oxygen atoms in total. The van der Waals surface area contributed by atoms with Crippen molar-refractivity contribution in [2.24, 2.45) is 0 Å². The summed E-state index contributed by atoms with van der Waals surface area (Å²) in [4.78, 5) is 17.1. The molecule has 0 aliphatic rings. The van der Waals surface area contributed by atoms with E-state index in [9.17, 15) is 4.79 Å². The lowest BCUT2D eigenvalue weighted by Gasteiger charge is -2.09. The lowest BCUT2D eigenvalue weighted by molar-refractivity contribution is -0.118. The summed E-state index contributed by atoms with van der Waals surface area (Å²) in [5.41, 5.74) is 3.99. The Labute approximate surface area is 202 Å². The summed E-state index contributed by atoms with van der Waals surface area (Å²) in [6.45, 7) is 4.19. The number of carbonyl (C=O) groups is 1. The van der Waals surface area contributed by atoms with Crippen LogP contribution >= 0.6 is 11.6 Å². The van der Waals surface area contributed by atoms with Gasteiger partial charge in [0.2, 0.25) is 5.89 Å². The minimum Gasteiger partial charge on any atom is -0.484 e. The molecule has 0 aliphatic heterocycles. The summed E-state index contributed by atoms with van der Waals surface area (Å²) in [5.74, 6) is 1.35. The van der Waals surface area contributed by atoms with Gasteiger partial charge in [-0.25, -0.2) is 4.98 Å². The molecule has 5 aromatic rings. The van der Waals surface area contributed by atoms with Crippen molar-refractivity contribution < 1.29 is 13.9 Å². The molecule has 0 saturated carbocycles. The molecule has 34 heavy (non-hydrogen) atoms. The highest BCUT2D eigenvalue weighted by Crippen LogP contribution is 2.34. The zero-order chi connectivity index (χ0) is 23.7. The summed E-state index contributed by atoms with van der Waals surface area (Å²) < 4.78 is 11.6. The average molecular weight is 471 g/mol. The third kappa shape index (κ3) is 4.47. The lowest BCUT2D eigenvalue weighted by atomic mass is 10.0. The average Bonchev–Trinajstić information content (AvgIpc) is 3.26. The molecule has 6 heteroatoms. The van der Waals surface area contributed by atoms with Crippen LogP contribution in [0.25, 0.3) is 33.3 Å². The van der Waals surface area contributed by atoms with E-state index in [1.165, 1.54) is 5.56 Å². The number of hydrogen-bond acceptors (Lipinski definition) is 4. The fourth-order valence-corrected chi connectivity index (χ4v) is 4.11. The van der Waals surface area contributed by atoms with Crippen LogP contribution < -0.4 is 10.1 Å². The quantitative estimate of drug-likeness (QED) is 0.280. The van der Waals surface area contributed by atoms with E-state index in [1.807, 2.05) is 60.7 Å². The van der Waals surface area contributed by atoms with Gasteiger partial charge in [0.1, 0.15) is 11.3 Å². The Morgan fingerprint density at radius 2 is 1.76 bits per heavy atom. The van der Waals surface area contributed by atoms with E-state index in [4.69, 9.17) is 20.8 Å². The number of rotatable bonds is 6. The summed E-state index contributed by atoms with van der Waals surface area (Å²) in [6, 6.07) is 24.8. The number of halogens is 1. The fraction of sp³-hybridized carbons (Fsp3) is 0.143. The first-order valence-corrected chi connectivity index (χ1v) is 11.5. The summed E-state index contributed by atoms with van der Waals surface area (Å²) in [5, 5.41) is 5.44. The van der Waals surface area contributed by atoms with Gasteiger partial charge in [-0.3, -0.25) is 4.79 Å². The Kier molecular flexibility index (Phi) is 5.95. The van der Waals surface area contributed by atoms with Gasteiger partial charge in [-0.05, 0) is 59.3 Å². The summed E-state index contributed by atoms with van der Waals surface area (Å²) >= 11 is 6.35. The molecule has 0 unspecified atom stereocenters. The molecule has 0 atom stereocenters. The maximum Gasteiger partial charge on any atom is 0.262 e. The number of nitrogens with zero attached hydrogens (tertiary/aromatic N) is 1. The van der Waals surface area contributed by atoms with Gasteiger partial charge in [-0.1, -0.05) is 61.8 Å². The second-order valence-electron chi connectivity index (χ2n) is 8.40. The molecular formula is C28H23ClN2O3. The molecule has 0 aliphatic carbocycles. The first-order chi connectivity index (χ1) is 16.5. The lowest BCUT2D eigenvalue weighted by Crippen LogP contribution is -2.20. The molecule has 1 aromatic heterocycles. The van der Waals surface area contributed by atoms with Crippen LogP contribution in [-0.2, 0) is 4.79 Å². The molecule has 0 saturated heterocycles. The van der Waals surface area contributed by atoms with Crippen LogP contribution in [0.5, 0.6) is 5.75 Å². The van der Waals surface area contributed by atoms with E-state index < -0.39 is 0 Å². The van der Waals surface area contributed by atoms with Crippen molar-refractivity contribution >= 4 is 45.1 Å². The smallest absolute Gasteiger partial charge is 0.262 e. The second kappa shape index (κ2) is 9.20. The zero-order valence-corrected chi connectivity index (χ0v) is 19.6. The summed E-state index contributed by atoms with van der Waals surface area (Å²) in [6.07, 6.45) is 0. The normalized spacial score (nSPS) is 11.3. The standard InChI is InChI=1S/C28H23ClN2O3/c1-17(2)18-9-12-20(13-10-18)33-16-27(32)30-19-11-14-26-25(15-19)31-28(34-26)23-7-3-6-22-21(23)5-4-8-24(22)29/h3-15,17H,16H2,1-2H3,(H,30,32). The largest absolute Gasteiger partial charge is 0.484 e. The number of hydrogen-bond donors (Lipinski definition) is 1. The monoisotopic (exact) mass is 470 g/mol. The third-order valence-electron chi connectivity index (χ3n) is 5.69. The number of aromatic nitrogens is 1. The highest BCUT2D eigenvalue weighted by Gasteiger charge is 2.13. The molecule has 0 fully saturated rings. The minimum absolute atomic E-state index is 0.0834. The van der Waals surface area contributed by atoms with E-state index in [0.717, 1.165) is 16.3 Å². The first kappa shape index (κ1) is 22.0. The van der Waals surface area contributed by atoms with E-state index in [1.54, 1.807) is 18.2 Å². The molecule has 1 heterocycles. The summed E-state index contributed by atoms with van der Waals surface area (Å²) in [7, 11) is 0. The van der Waals surface area contributed by atoms with Crippen molar-refractivity contribution in [2.75, 3.05) is 11.9 Å². The van der Waals surface area contributed by atoms with Crippen LogP contribution in [0.15, 0.2) is 83.3 Å². The van der Waals surface area contributed by atoms with Crippen LogP contribution in [0.2, 0.25) is 5.02 Å². The Morgan fingerprint density at radius 3 is 2.56 bits per heavy atom. The number of oxazole rings is 1. The molecule has 5 rings (SSSR count).